The molecule has 176 valence electrons. The van der Waals surface area contributed by atoms with Gasteiger partial charge in [0.15, 0.2) is 0 Å². The second kappa shape index (κ2) is 9.64. The van der Waals surface area contributed by atoms with Crippen LogP contribution in [0.5, 0.6) is 5.75 Å². The van der Waals surface area contributed by atoms with Gasteiger partial charge in [-0.25, -0.2) is 15.0 Å². The molecule has 0 radical (unpaired) electrons. The molecule has 0 spiro atoms. The molecule has 4 aromatic rings. The quantitative estimate of drug-likeness (QED) is 0.426. The lowest BCUT2D eigenvalue weighted by atomic mass is 10.1. The second-order valence-corrected chi connectivity index (χ2v) is 8.03. The summed E-state index contributed by atoms with van der Waals surface area (Å²) in [4.78, 5) is 39.5. The lowest BCUT2D eigenvalue weighted by molar-refractivity contribution is -0.122. The van der Waals surface area contributed by atoms with Crippen molar-refractivity contribution in [2.24, 2.45) is 5.92 Å². The highest BCUT2D eigenvalue weighted by Crippen LogP contribution is 2.29. The summed E-state index contributed by atoms with van der Waals surface area (Å²) >= 11 is 0. The first kappa shape index (κ1) is 22.1. The molecule has 1 aliphatic rings. The number of amides is 2. The highest BCUT2D eigenvalue weighted by Gasteiger charge is 2.35. The molecule has 0 aliphatic carbocycles. The molecule has 1 atom stereocenters. The van der Waals surface area contributed by atoms with Crippen LogP contribution in [0.4, 0.5) is 22.9 Å². The Kier molecular flexibility index (Phi) is 6.08. The number of hydrogen-bond donors (Lipinski definition) is 2. The van der Waals surface area contributed by atoms with Crippen LogP contribution in [-0.2, 0) is 9.59 Å². The molecule has 0 bridgehead atoms. The minimum absolute atomic E-state index is 0.0853. The van der Waals surface area contributed by atoms with E-state index in [9.17, 15) is 9.59 Å². The van der Waals surface area contributed by atoms with E-state index in [1.807, 2.05) is 36.4 Å². The van der Waals surface area contributed by atoms with Crippen molar-refractivity contribution in [3.05, 3.63) is 79.6 Å². The van der Waals surface area contributed by atoms with E-state index >= 15 is 0 Å². The van der Waals surface area contributed by atoms with Gasteiger partial charge in [0.1, 0.15) is 30.0 Å². The molecule has 1 aliphatic heterocycles. The summed E-state index contributed by atoms with van der Waals surface area (Å²) in [6.07, 6.45) is 6.79. The predicted octanol–water partition coefficient (Wildman–Crippen LogP) is 3.41. The summed E-state index contributed by atoms with van der Waals surface area (Å²) in [6.45, 7) is 0.324. The summed E-state index contributed by atoms with van der Waals surface area (Å²) < 4.78 is 7.03. The van der Waals surface area contributed by atoms with Crippen LogP contribution in [0.15, 0.2) is 79.6 Å². The van der Waals surface area contributed by atoms with Gasteiger partial charge in [0.05, 0.1) is 13.0 Å². The van der Waals surface area contributed by atoms with Crippen molar-refractivity contribution < 1.29 is 14.3 Å². The highest BCUT2D eigenvalue weighted by atomic mass is 16.5. The van der Waals surface area contributed by atoms with Crippen molar-refractivity contribution in [1.82, 2.24) is 19.5 Å². The van der Waals surface area contributed by atoms with Gasteiger partial charge in [0.2, 0.25) is 11.8 Å². The van der Waals surface area contributed by atoms with Crippen molar-refractivity contribution in [2.45, 2.75) is 6.42 Å². The molecule has 35 heavy (non-hydrogen) atoms. The number of hydrogen-bond acceptors (Lipinski definition) is 7. The zero-order chi connectivity index (χ0) is 24.2. The summed E-state index contributed by atoms with van der Waals surface area (Å²) in [6, 6.07) is 16.4. The fourth-order valence-electron chi connectivity index (χ4n) is 3.89. The summed E-state index contributed by atoms with van der Waals surface area (Å²) in [5.74, 6) is 1.27. The number of methoxy groups -OCH3 is 1. The molecule has 0 unspecified atom stereocenters. The first-order chi connectivity index (χ1) is 17.1. The van der Waals surface area contributed by atoms with Crippen LogP contribution < -0.4 is 20.3 Å². The van der Waals surface area contributed by atoms with Gasteiger partial charge in [-0.15, -0.1) is 0 Å². The van der Waals surface area contributed by atoms with Crippen molar-refractivity contribution in [2.75, 3.05) is 29.2 Å². The lowest BCUT2D eigenvalue weighted by Crippen LogP contribution is -2.28. The van der Waals surface area contributed by atoms with E-state index in [0.29, 0.717) is 29.6 Å². The smallest absolute Gasteiger partial charge is 0.229 e. The van der Waals surface area contributed by atoms with Crippen LogP contribution >= 0.6 is 0 Å². The molecule has 2 N–H and O–H groups in total. The van der Waals surface area contributed by atoms with Crippen molar-refractivity contribution in [1.29, 1.82) is 0 Å². The third kappa shape index (κ3) is 4.96. The summed E-state index contributed by atoms with van der Waals surface area (Å²) in [7, 11) is 1.58. The van der Waals surface area contributed by atoms with E-state index in [1.54, 1.807) is 53.5 Å². The SMILES string of the molecule is COc1cccc(N2C[C@@H](C(=O)Nc3ccc(Nc4cc(-n5ccnc5)ncn4)cc3)CC2=O)c1. The molecular formula is C25H23N7O3. The van der Waals surface area contributed by atoms with E-state index in [-0.39, 0.29) is 18.2 Å². The Morgan fingerprint density at radius 3 is 2.69 bits per heavy atom. The molecular weight excluding hydrogens is 446 g/mol. The molecule has 2 aromatic heterocycles. The molecule has 0 saturated carbocycles. The van der Waals surface area contributed by atoms with Gasteiger partial charge in [-0.05, 0) is 36.4 Å². The van der Waals surface area contributed by atoms with Gasteiger partial charge in [0.25, 0.3) is 0 Å². The average Bonchev–Trinajstić information content (AvgIpc) is 3.56. The minimum atomic E-state index is -0.436. The fourth-order valence-corrected chi connectivity index (χ4v) is 3.89. The van der Waals surface area contributed by atoms with Gasteiger partial charge in [-0.1, -0.05) is 6.07 Å². The number of anilines is 4. The standard InChI is InChI=1S/C25H23N7O3/c1-35-21-4-2-3-20(12-21)32-14-17(11-24(32)33)25(34)30-19-7-5-18(6-8-19)29-22-13-23(28-15-27-22)31-10-9-26-16-31/h2-10,12-13,15-17H,11,14H2,1H3,(H,30,34)(H,27,28,29)/t17-/m0/s1. The van der Waals surface area contributed by atoms with Crippen LogP contribution in [-0.4, -0.2) is 45.0 Å². The summed E-state index contributed by atoms with van der Waals surface area (Å²) in [5.41, 5.74) is 2.18. The summed E-state index contributed by atoms with van der Waals surface area (Å²) in [5, 5.41) is 6.13. The maximum atomic E-state index is 12.8. The fraction of sp³-hybridized carbons (Fsp3) is 0.160. The Labute approximate surface area is 201 Å². The van der Waals surface area contributed by atoms with E-state index in [4.69, 9.17) is 4.74 Å². The Hall–Kier alpha value is -4.73. The maximum Gasteiger partial charge on any atom is 0.229 e. The number of rotatable bonds is 7. The number of carbonyl (C=O) groups excluding carboxylic acids is 2. The van der Waals surface area contributed by atoms with Crippen LogP contribution in [0.1, 0.15) is 6.42 Å². The number of nitrogens with zero attached hydrogens (tertiary/aromatic N) is 5. The molecule has 10 nitrogen and oxygen atoms in total. The van der Waals surface area contributed by atoms with Gasteiger partial charge < -0.3 is 20.3 Å². The molecule has 3 heterocycles. The monoisotopic (exact) mass is 469 g/mol. The molecule has 2 amide bonds. The third-order valence-electron chi connectivity index (χ3n) is 5.71. The topological polar surface area (TPSA) is 114 Å². The second-order valence-electron chi connectivity index (χ2n) is 8.03. The van der Waals surface area contributed by atoms with Crippen molar-refractivity contribution in [3.8, 4) is 11.6 Å². The maximum absolute atomic E-state index is 12.8. The Morgan fingerprint density at radius 1 is 1.09 bits per heavy atom. The number of ether oxygens (including phenoxy) is 1. The zero-order valence-electron chi connectivity index (χ0n) is 19.0. The predicted molar refractivity (Wildman–Crippen MR) is 131 cm³/mol. The van der Waals surface area contributed by atoms with E-state index < -0.39 is 5.92 Å². The number of aromatic nitrogens is 4. The van der Waals surface area contributed by atoms with E-state index in [1.165, 1.54) is 6.33 Å². The normalized spacial score (nSPS) is 15.2. The zero-order valence-corrected chi connectivity index (χ0v) is 19.0. The van der Waals surface area contributed by atoms with Crippen LogP contribution in [0.2, 0.25) is 0 Å². The third-order valence-corrected chi connectivity index (χ3v) is 5.71. The van der Waals surface area contributed by atoms with Gasteiger partial charge in [-0.3, -0.25) is 14.2 Å². The number of nitrogens with one attached hydrogen (secondary N) is 2. The van der Waals surface area contributed by atoms with E-state index in [2.05, 4.69) is 25.6 Å². The molecule has 1 fully saturated rings. The lowest BCUT2D eigenvalue weighted by Gasteiger charge is -2.17. The Bertz CT molecular complexity index is 1340. The highest BCUT2D eigenvalue weighted by molar-refractivity contribution is 6.03. The van der Waals surface area contributed by atoms with Crippen molar-refractivity contribution >= 4 is 34.7 Å². The largest absolute Gasteiger partial charge is 0.497 e. The molecule has 5 rings (SSSR count). The first-order valence-electron chi connectivity index (χ1n) is 11.0. The van der Waals surface area contributed by atoms with Crippen LogP contribution in [0, 0.1) is 5.92 Å². The minimum Gasteiger partial charge on any atom is -0.497 e. The van der Waals surface area contributed by atoms with Crippen LogP contribution in [0.25, 0.3) is 5.82 Å². The Morgan fingerprint density at radius 2 is 1.91 bits per heavy atom. The molecule has 1 saturated heterocycles. The van der Waals surface area contributed by atoms with Gasteiger partial charge in [0, 0.05) is 54.6 Å². The van der Waals surface area contributed by atoms with Crippen molar-refractivity contribution in [3.63, 3.8) is 0 Å². The van der Waals surface area contributed by atoms with Gasteiger partial charge >= 0.3 is 0 Å². The average molecular weight is 470 g/mol. The number of imidazole rings is 1. The molecule has 10 heteroatoms. The van der Waals surface area contributed by atoms with Gasteiger partial charge in [-0.2, -0.15) is 0 Å². The Balaban J connectivity index is 1.20. The number of carbonyl (C=O) groups is 2. The van der Waals surface area contributed by atoms with E-state index in [0.717, 1.165) is 11.4 Å². The first-order valence-corrected chi connectivity index (χ1v) is 11.0. The molecule has 2 aromatic carbocycles. The number of benzene rings is 2. The van der Waals surface area contributed by atoms with Crippen LogP contribution in [0.3, 0.4) is 0 Å².